The zero-order valence-electron chi connectivity index (χ0n) is 16.3. The van der Waals surface area contributed by atoms with E-state index in [1.54, 1.807) is 48.5 Å². The Labute approximate surface area is 166 Å². The number of hydrogen-bond acceptors (Lipinski definition) is 6. The molecule has 10 heteroatoms. The average Bonchev–Trinajstić information content (AvgIpc) is 2.65. The Morgan fingerprint density at radius 2 is 0.964 bits per heavy atom. The van der Waals surface area contributed by atoms with Crippen LogP contribution in [0.4, 0.5) is 11.4 Å². The van der Waals surface area contributed by atoms with E-state index in [2.05, 4.69) is 0 Å². The summed E-state index contributed by atoms with van der Waals surface area (Å²) in [6, 6.07) is 13.7. The van der Waals surface area contributed by atoms with Crippen molar-refractivity contribution < 1.29 is 27.0 Å². The molecule has 2 aromatic rings. The van der Waals surface area contributed by atoms with Crippen molar-refractivity contribution in [1.29, 1.82) is 0 Å². The second-order valence-electron chi connectivity index (χ2n) is 6.03. The van der Waals surface area contributed by atoms with Gasteiger partial charge in [-0.2, -0.15) is 0 Å². The number of sulfonamides is 2. The molecular formula is C18H26N2O6S2. The Morgan fingerprint density at radius 1 is 0.679 bits per heavy atom. The molecule has 28 heavy (non-hydrogen) atoms. The third-order valence-corrected chi connectivity index (χ3v) is 6.38. The lowest BCUT2D eigenvalue weighted by Gasteiger charge is -2.19. The van der Waals surface area contributed by atoms with Crippen molar-refractivity contribution in [3.05, 3.63) is 59.7 Å². The molecule has 2 aromatic carbocycles. The molecule has 0 unspecified atom stereocenters. The van der Waals surface area contributed by atoms with Gasteiger partial charge in [-0.15, -0.1) is 0 Å². The van der Waals surface area contributed by atoms with Gasteiger partial charge in [-0.1, -0.05) is 36.4 Å². The molecule has 0 saturated carbocycles. The molecule has 156 valence electrons. The molecule has 0 heterocycles. The summed E-state index contributed by atoms with van der Waals surface area (Å²) in [5.41, 5.74) is 2.22. The highest BCUT2D eigenvalue weighted by Gasteiger charge is 2.15. The number of benzene rings is 2. The zero-order chi connectivity index (χ0) is 21.5. The van der Waals surface area contributed by atoms with Crippen LogP contribution in [0.1, 0.15) is 11.1 Å². The summed E-state index contributed by atoms with van der Waals surface area (Å²) in [5, 5.41) is 18.0. The molecular weight excluding hydrogens is 404 g/mol. The summed E-state index contributed by atoms with van der Waals surface area (Å²) in [4.78, 5) is 0. The third kappa shape index (κ3) is 6.48. The highest BCUT2D eigenvalue weighted by atomic mass is 32.2. The van der Waals surface area contributed by atoms with Crippen molar-refractivity contribution in [1.82, 2.24) is 0 Å². The number of para-hydroxylation sites is 2. The second kappa shape index (κ2) is 9.87. The summed E-state index contributed by atoms with van der Waals surface area (Å²) >= 11 is 0. The molecule has 0 amide bonds. The van der Waals surface area contributed by atoms with Gasteiger partial charge in [0.15, 0.2) is 0 Å². The molecule has 0 aliphatic rings. The maximum Gasteiger partial charge on any atom is 0.232 e. The van der Waals surface area contributed by atoms with Gasteiger partial charge in [-0.25, -0.2) is 16.8 Å². The van der Waals surface area contributed by atoms with Gasteiger partial charge >= 0.3 is 0 Å². The molecule has 0 spiro atoms. The van der Waals surface area contributed by atoms with Crippen LogP contribution in [0, 0.1) is 0 Å². The van der Waals surface area contributed by atoms with E-state index in [0.717, 1.165) is 21.1 Å². The fourth-order valence-corrected chi connectivity index (χ4v) is 3.33. The van der Waals surface area contributed by atoms with Crippen LogP contribution in [-0.2, 0) is 33.3 Å². The standard InChI is InChI=1S/2C9H13NO3S/c2*1-10(14(2,12)13)9-6-4-3-5-8(9)7-11/h2*3-6,11H,7H2,1-2H3. The van der Waals surface area contributed by atoms with Gasteiger partial charge in [0.1, 0.15) is 0 Å². The Kier molecular flexibility index (Phi) is 8.43. The number of aliphatic hydroxyl groups is 2. The first-order chi connectivity index (χ1) is 12.9. The van der Waals surface area contributed by atoms with Crippen molar-refractivity contribution in [3.8, 4) is 0 Å². The molecule has 8 nitrogen and oxygen atoms in total. The fourth-order valence-electron chi connectivity index (χ4n) is 2.26. The first kappa shape index (κ1) is 23.9. The van der Waals surface area contributed by atoms with Crippen LogP contribution in [0.5, 0.6) is 0 Å². The van der Waals surface area contributed by atoms with Gasteiger partial charge in [0.05, 0.1) is 37.1 Å². The van der Waals surface area contributed by atoms with Crippen LogP contribution >= 0.6 is 0 Å². The normalized spacial score (nSPS) is 11.4. The lowest BCUT2D eigenvalue weighted by atomic mass is 10.2. The molecule has 0 saturated heterocycles. The first-order valence-electron chi connectivity index (χ1n) is 8.18. The summed E-state index contributed by atoms with van der Waals surface area (Å²) in [6.45, 7) is -0.341. The van der Waals surface area contributed by atoms with E-state index in [9.17, 15) is 16.8 Å². The van der Waals surface area contributed by atoms with Gasteiger partial charge < -0.3 is 10.2 Å². The summed E-state index contributed by atoms with van der Waals surface area (Å²) in [6.07, 6.45) is 2.25. The van der Waals surface area contributed by atoms with Crippen LogP contribution in [0.25, 0.3) is 0 Å². The van der Waals surface area contributed by atoms with Gasteiger partial charge in [-0.3, -0.25) is 8.61 Å². The predicted octanol–water partition coefficient (Wildman–Crippen LogP) is 1.15. The smallest absolute Gasteiger partial charge is 0.232 e. The van der Waals surface area contributed by atoms with Crippen LogP contribution in [-0.4, -0.2) is 53.7 Å². The van der Waals surface area contributed by atoms with E-state index in [0.29, 0.717) is 22.5 Å². The molecule has 0 aromatic heterocycles. The Balaban J connectivity index is 0.000000280. The van der Waals surface area contributed by atoms with Crippen LogP contribution in [0.3, 0.4) is 0 Å². The minimum absolute atomic E-state index is 0.171. The maximum absolute atomic E-state index is 11.2. The lowest BCUT2D eigenvalue weighted by Crippen LogP contribution is -2.25. The van der Waals surface area contributed by atoms with Crippen LogP contribution in [0.2, 0.25) is 0 Å². The molecule has 0 aliphatic heterocycles. The fraction of sp³-hybridized carbons (Fsp3) is 0.333. The van der Waals surface area contributed by atoms with E-state index >= 15 is 0 Å². The number of rotatable bonds is 6. The second-order valence-corrected chi connectivity index (χ2v) is 10.1. The van der Waals surface area contributed by atoms with E-state index in [1.165, 1.54) is 14.1 Å². The molecule has 0 fully saturated rings. The van der Waals surface area contributed by atoms with E-state index < -0.39 is 20.0 Å². The minimum atomic E-state index is -3.27. The quantitative estimate of drug-likeness (QED) is 0.710. The Morgan fingerprint density at radius 3 is 1.21 bits per heavy atom. The van der Waals surface area contributed by atoms with Crippen molar-refractivity contribution >= 4 is 31.4 Å². The minimum Gasteiger partial charge on any atom is -0.392 e. The highest BCUT2D eigenvalue weighted by Crippen LogP contribution is 2.21. The molecule has 0 bridgehead atoms. The number of aliphatic hydroxyl groups excluding tert-OH is 2. The Bertz CT molecular complexity index is 909. The summed E-state index contributed by atoms with van der Waals surface area (Å²) in [5.74, 6) is 0. The van der Waals surface area contributed by atoms with Crippen LogP contribution < -0.4 is 8.61 Å². The zero-order valence-corrected chi connectivity index (χ0v) is 17.9. The maximum atomic E-state index is 11.2. The third-order valence-electron chi connectivity index (χ3n) is 4.00. The van der Waals surface area contributed by atoms with Gasteiger partial charge in [0, 0.05) is 25.2 Å². The van der Waals surface area contributed by atoms with Crippen molar-refractivity contribution in [2.45, 2.75) is 13.2 Å². The van der Waals surface area contributed by atoms with Gasteiger partial charge in [0.2, 0.25) is 20.0 Å². The largest absolute Gasteiger partial charge is 0.392 e. The van der Waals surface area contributed by atoms with E-state index in [4.69, 9.17) is 10.2 Å². The molecule has 2 rings (SSSR count). The number of anilines is 2. The van der Waals surface area contributed by atoms with Gasteiger partial charge in [0.25, 0.3) is 0 Å². The van der Waals surface area contributed by atoms with Crippen molar-refractivity contribution in [2.75, 3.05) is 35.2 Å². The average molecular weight is 431 g/mol. The lowest BCUT2D eigenvalue weighted by molar-refractivity contribution is 0.282. The molecule has 0 aliphatic carbocycles. The van der Waals surface area contributed by atoms with Gasteiger partial charge in [-0.05, 0) is 12.1 Å². The topological polar surface area (TPSA) is 115 Å². The predicted molar refractivity (Wildman–Crippen MR) is 111 cm³/mol. The van der Waals surface area contributed by atoms with Crippen molar-refractivity contribution in [2.24, 2.45) is 0 Å². The molecule has 0 atom stereocenters. The highest BCUT2D eigenvalue weighted by molar-refractivity contribution is 7.92. The number of nitrogens with zero attached hydrogens (tertiary/aromatic N) is 2. The summed E-state index contributed by atoms with van der Waals surface area (Å²) < 4.78 is 47.3. The van der Waals surface area contributed by atoms with Crippen LogP contribution in [0.15, 0.2) is 48.5 Å². The molecule has 0 radical (unpaired) electrons. The Hall–Kier alpha value is -2.14. The monoisotopic (exact) mass is 430 g/mol. The first-order valence-corrected chi connectivity index (χ1v) is 11.9. The van der Waals surface area contributed by atoms with E-state index in [-0.39, 0.29) is 13.2 Å². The van der Waals surface area contributed by atoms with Crippen molar-refractivity contribution in [3.63, 3.8) is 0 Å². The summed E-state index contributed by atoms with van der Waals surface area (Å²) in [7, 11) is -3.61. The molecule has 2 N–H and O–H groups in total. The van der Waals surface area contributed by atoms with E-state index in [1.807, 2.05) is 0 Å². The number of hydrogen-bond donors (Lipinski definition) is 2. The SMILES string of the molecule is CN(c1ccccc1CO)S(C)(=O)=O.CN(c1ccccc1CO)S(C)(=O)=O.